The van der Waals surface area contributed by atoms with Crippen LogP contribution in [0.5, 0.6) is 0 Å². The van der Waals surface area contributed by atoms with Crippen LogP contribution in [0.15, 0.2) is 63.9 Å². The zero-order valence-corrected chi connectivity index (χ0v) is 28.7. The average molecular weight is 660 g/mol. The number of esters is 1. The van der Waals surface area contributed by atoms with Crippen LogP contribution in [0.4, 0.5) is 0 Å². The first-order valence-corrected chi connectivity index (χ1v) is 17.3. The van der Waals surface area contributed by atoms with E-state index >= 15 is 0 Å². The van der Waals surface area contributed by atoms with Crippen LogP contribution >= 0.6 is 11.3 Å². The molecule has 1 aromatic heterocycles. The van der Waals surface area contributed by atoms with Crippen molar-refractivity contribution in [3.05, 3.63) is 75.3 Å². The Balaban J connectivity index is 1.81. The third-order valence-corrected chi connectivity index (χ3v) is 10.3. The molecule has 2 N–H and O–H groups in total. The molecule has 5 atom stereocenters. The van der Waals surface area contributed by atoms with E-state index in [1.807, 2.05) is 45.9 Å². The van der Waals surface area contributed by atoms with Crippen molar-refractivity contribution in [1.29, 1.82) is 0 Å². The van der Waals surface area contributed by atoms with E-state index in [4.69, 9.17) is 8.92 Å². The normalized spacial score (nSPS) is 27.8. The monoisotopic (exact) mass is 659 g/mol. The Bertz CT molecular complexity index is 1540. The van der Waals surface area contributed by atoms with Gasteiger partial charge in [-0.2, -0.15) is 8.42 Å². The van der Waals surface area contributed by atoms with E-state index in [1.165, 1.54) is 23.5 Å². The fraction of sp³-hybridized carbons (Fsp3) is 0.500. The van der Waals surface area contributed by atoms with Gasteiger partial charge in [-0.1, -0.05) is 69.2 Å². The Morgan fingerprint density at radius 3 is 2.49 bits per heavy atom. The summed E-state index contributed by atoms with van der Waals surface area (Å²) in [5, 5.41) is 24.0. The summed E-state index contributed by atoms with van der Waals surface area (Å²) in [6, 6.07) is 6.40. The molecule has 0 amide bonds. The molecule has 0 saturated carbocycles. The third-order valence-electron chi connectivity index (χ3n) is 8.23. The quantitative estimate of drug-likeness (QED) is 0.219. The number of carbonyl (C=O) groups excluding carboxylic acids is 2. The number of ketones is 1. The maximum absolute atomic E-state index is 13.3. The first-order valence-electron chi connectivity index (χ1n) is 15.0. The van der Waals surface area contributed by atoms with E-state index in [-0.39, 0.29) is 23.2 Å². The lowest BCUT2D eigenvalue weighted by Crippen LogP contribution is -2.45. The SMILES string of the molecule is C/C1=C/CC(/C(C)=C/c2csc(COS(=O)(=O)c3ccc(C)cc3)n2)OC(=O)CC(O)C(C)(C)C(=O)[C@H](C)C(O)C(C)/C=C/C1. The summed E-state index contributed by atoms with van der Waals surface area (Å²) < 4.78 is 36.2. The molecule has 1 aliphatic rings. The number of ether oxygens (including phenoxy) is 1. The number of cyclic esters (lactones) is 1. The molecule has 45 heavy (non-hydrogen) atoms. The second-order valence-corrected chi connectivity index (χ2v) is 15.0. The maximum atomic E-state index is 13.3. The van der Waals surface area contributed by atoms with Gasteiger partial charge in [0.05, 0.1) is 34.6 Å². The fourth-order valence-corrected chi connectivity index (χ4v) is 6.58. The van der Waals surface area contributed by atoms with E-state index < -0.39 is 52.2 Å². The van der Waals surface area contributed by atoms with Crippen LogP contribution in [0.2, 0.25) is 0 Å². The van der Waals surface area contributed by atoms with Gasteiger partial charge in [-0.05, 0) is 51.0 Å². The molecule has 11 heteroatoms. The number of aliphatic hydroxyl groups excluding tert-OH is 2. The predicted octanol–water partition coefficient (Wildman–Crippen LogP) is 5.95. The first-order chi connectivity index (χ1) is 21.0. The summed E-state index contributed by atoms with van der Waals surface area (Å²) >= 11 is 1.25. The van der Waals surface area contributed by atoms with Crippen molar-refractivity contribution < 1.29 is 37.1 Å². The van der Waals surface area contributed by atoms with Gasteiger partial charge in [0.2, 0.25) is 0 Å². The fourth-order valence-electron chi connectivity index (χ4n) is 4.97. The van der Waals surface area contributed by atoms with Crippen molar-refractivity contribution in [2.24, 2.45) is 17.3 Å². The molecule has 1 aliphatic heterocycles. The first kappa shape index (κ1) is 36.5. The minimum Gasteiger partial charge on any atom is -0.457 e. The van der Waals surface area contributed by atoms with E-state index in [9.17, 15) is 28.2 Å². The Morgan fingerprint density at radius 1 is 1.16 bits per heavy atom. The zero-order valence-electron chi connectivity index (χ0n) is 27.0. The van der Waals surface area contributed by atoms with Gasteiger partial charge < -0.3 is 14.9 Å². The van der Waals surface area contributed by atoms with Crippen molar-refractivity contribution in [3.63, 3.8) is 0 Å². The summed E-state index contributed by atoms with van der Waals surface area (Å²) in [6.45, 7) is 12.1. The van der Waals surface area contributed by atoms with E-state index in [0.29, 0.717) is 29.1 Å². The van der Waals surface area contributed by atoms with Gasteiger partial charge in [0, 0.05) is 23.6 Å². The lowest BCUT2D eigenvalue weighted by Gasteiger charge is -2.34. The zero-order chi connectivity index (χ0) is 33.5. The van der Waals surface area contributed by atoms with Crippen LogP contribution < -0.4 is 0 Å². The standard InChI is InChI=1S/C34H45NO8S2/c1-21-9-8-10-23(3)32(38)25(5)33(39)34(6,7)29(36)18-31(37)43-28(16-13-21)24(4)17-26-20-44-30(35-26)19-42-45(40,41)27-14-11-22(2)12-15-27/h8,10-15,17,20,23,25,28-29,32,36,38H,9,16,18-19H2,1-7H3/b10-8+,21-13-,24-17+/t23?,25-,28?,29?,32?/m1/s1. The number of thiazole rings is 1. The number of carbonyl (C=O) groups is 2. The van der Waals surface area contributed by atoms with Gasteiger partial charge in [0.1, 0.15) is 23.5 Å². The number of aryl methyl sites for hydroxylation is 1. The van der Waals surface area contributed by atoms with Crippen LogP contribution in [0.1, 0.15) is 77.1 Å². The average Bonchev–Trinajstić information content (AvgIpc) is 3.43. The molecule has 0 saturated heterocycles. The number of allylic oxidation sites excluding steroid dienone is 2. The molecule has 1 aromatic carbocycles. The summed E-state index contributed by atoms with van der Waals surface area (Å²) in [5.74, 6) is -2.02. The Kier molecular flexibility index (Phi) is 12.6. The molecular weight excluding hydrogens is 615 g/mol. The van der Waals surface area contributed by atoms with Crippen molar-refractivity contribution in [1.82, 2.24) is 4.98 Å². The highest BCUT2D eigenvalue weighted by atomic mass is 32.2. The number of benzene rings is 1. The molecule has 0 fully saturated rings. The highest BCUT2D eigenvalue weighted by molar-refractivity contribution is 7.86. The number of aliphatic hydroxyl groups is 2. The summed E-state index contributed by atoms with van der Waals surface area (Å²) in [5.41, 5.74) is 1.94. The molecule has 0 spiro atoms. The second-order valence-electron chi connectivity index (χ2n) is 12.4. The van der Waals surface area contributed by atoms with E-state index in [1.54, 1.807) is 44.4 Å². The summed E-state index contributed by atoms with van der Waals surface area (Å²) in [4.78, 5) is 30.9. The van der Waals surface area contributed by atoms with Gasteiger partial charge in [-0.3, -0.25) is 13.8 Å². The van der Waals surface area contributed by atoms with Gasteiger partial charge in [-0.25, -0.2) is 4.98 Å². The number of nitrogens with zero attached hydrogens (tertiary/aromatic N) is 1. The summed E-state index contributed by atoms with van der Waals surface area (Å²) in [6.07, 6.45) is 5.27. The van der Waals surface area contributed by atoms with Gasteiger partial charge >= 0.3 is 5.97 Å². The van der Waals surface area contributed by atoms with Crippen LogP contribution in [0.25, 0.3) is 6.08 Å². The number of rotatable bonds is 6. The molecular formula is C34H45NO8S2. The minimum atomic E-state index is -3.94. The highest BCUT2D eigenvalue weighted by Crippen LogP contribution is 2.32. The minimum absolute atomic E-state index is 0.0702. The topological polar surface area (TPSA) is 140 Å². The van der Waals surface area contributed by atoms with Crippen molar-refractivity contribution in [2.45, 2.75) is 97.5 Å². The lowest BCUT2D eigenvalue weighted by atomic mass is 9.73. The highest BCUT2D eigenvalue weighted by Gasteiger charge is 2.42. The van der Waals surface area contributed by atoms with E-state index in [0.717, 1.165) is 11.1 Å². The van der Waals surface area contributed by atoms with Gasteiger partial charge in [-0.15, -0.1) is 11.3 Å². The second kappa shape index (κ2) is 15.6. The van der Waals surface area contributed by atoms with Crippen LogP contribution in [-0.4, -0.2) is 53.7 Å². The molecule has 2 aromatic rings. The third kappa shape index (κ3) is 10.0. The molecule has 0 aliphatic carbocycles. The van der Waals surface area contributed by atoms with E-state index in [2.05, 4.69) is 4.98 Å². The Morgan fingerprint density at radius 2 is 1.82 bits per heavy atom. The molecule has 0 bridgehead atoms. The smallest absolute Gasteiger partial charge is 0.309 e. The van der Waals surface area contributed by atoms with Crippen LogP contribution in [0, 0.1) is 24.2 Å². The number of hydrogen-bond acceptors (Lipinski definition) is 10. The Labute approximate surface area is 270 Å². The predicted molar refractivity (Wildman–Crippen MR) is 175 cm³/mol. The molecule has 2 heterocycles. The Hall–Kier alpha value is -2.96. The number of Topliss-reactive ketones (excluding diaryl/α,β-unsaturated/α-hetero) is 1. The maximum Gasteiger partial charge on any atom is 0.309 e. The van der Waals surface area contributed by atoms with Crippen molar-refractivity contribution in [3.8, 4) is 0 Å². The van der Waals surface area contributed by atoms with Gasteiger partial charge in [0.25, 0.3) is 10.1 Å². The summed E-state index contributed by atoms with van der Waals surface area (Å²) in [7, 11) is -3.94. The van der Waals surface area contributed by atoms with Gasteiger partial charge in [0.15, 0.2) is 0 Å². The molecule has 4 unspecified atom stereocenters. The molecule has 3 rings (SSSR count). The lowest BCUT2D eigenvalue weighted by molar-refractivity contribution is -0.154. The largest absolute Gasteiger partial charge is 0.457 e. The van der Waals surface area contributed by atoms with Crippen LogP contribution in [0.3, 0.4) is 0 Å². The van der Waals surface area contributed by atoms with Crippen LogP contribution in [-0.2, 0) is 35.2 Å². The molecule has 246 valence electrons. The number of aromatic nitrogens is 1. The van der Waals surface area contributed by atoms with Crippen molar-refractivity contribution in [2.75, 3.05) is 0 Å². The van der Waals surface area contributed by atoms with Crippen molar-refractivity contribution >= 4 is 39.3 Å². The molecule has 0 radical (unpaired) electrons. The molecule has 9 nitrogen and oxygen atoms in total. The number of hydrogen-bond donors (Lipinski definition) is 2.